The first kappa shape index (κ1) is 20.4. The molecule has 2 rings (SSSR count). The molecular formula is C19H30N3O4+. The average Bonchev–Trinajstić information content (AvgIpc) is 2.61. The Bertz CT molecular complexity index is 615. The van der Waals surface area contributed by atoms with Gasteiger partial charge in [-0.2, -0.15) is 0 Å². The number of aryl methyl sites for hydroxylation is 2. The van der Waals surface area contributed by atoms with Crippen LogP contribution >= 0.6 is 0 Å². The Morgan fingerprint density at radius 2 is 2.00 bits per heavy atom. The molecule has 1 saturated heterocycles. The highest BCUT2D eigenvalue weighted by molar-refractivity contribution is 5.93. The molecule has 4 N–H and O–H groups in total. The van der Waals surface area contributed by atoms with Gasteiger partial charge in [-0.25, -0.2) is 0 Å². The molecule has 0 saturated carbocycles. The van der Waals surface area contributed by atoms with Gasteiger partial charge in [0, 0.05) is 12.1 Å². The number of nitrogens with one attached hydrogen (secondary N) is 2. The molecule has 0 aromatic heterocycles. The van der Waals surface area contributed by atoms with Crippen LogP contribution in [0.3, 0.4) is 0 Å². The summed E-state index contributed by atoms with van der Waals surface area (Å²) in [6, 6.07) is 4.78. The van der Waals surface area contributed by atoms with Crippen LogP contribution < -0.4 is 20.6 Å². The van der Waals surface area contributed by atoms with Crippen molar-refractivity contribution in [2.24, 2.45) is 0 Å². The second kappa shape index (κ2) is 10.3. The number of carboxylic acids is 1. The fourth-order valence-electron chi connectivity index (χ4n) is 3.07. The van der Waals surface area contributed by atoms with Crippen molar-refractivity contribution < 1.29 is 29.6 Å². The summed E-state index contributed by atoms with van der Waals surface area (Å²) in [7, 11) is 0. The Labute approximate surface area is 154 Å². The third-order valence-corrected chi connectivity index (χ3v) is 4.88. The second-order valence-corrected chi connectivity index (χ2v) is 6.97. The van der Waals surface area contributed by atoms with Crippen LogP contribution in [0.15, 0.2) is 18.2 Å². The molecule has 1 aliphatic rings. The number of nitrogens with two attached hydrogens (primary N) is 1. The summed E-state index contributed by atoms with van der Waals surface area (Å²) in [5.41, 5.74) is 2.91. The number of morpholine rings is 1. The maximum atomic E-state index is 12.2. The van der Waals surface area contributed by atoms with E-state index in [1.54, 1.807) is 5.32 Å². The van der Waals surface area contributed by atoms with Crippen LogP contribution in [-0.2, 0) is 14.3 Å². The molecule has 7 heteroatoms. The molecule has 1 aliphatic heterocycles. The first-order chi connectivity index (χ1) is 12.5. The zero-order valence-electron chi connectivity index (χ0n) is 15.7. The van der Waals surface area contributed by atoms with Gasteiger partial charge in [0.15, 0.2) is 0 Å². The normalized spacial score (nSPS) is 16.2. The standard InChI is InChI=1S/C19H29N3O4/c1-14-4-5-16(12-15(14)2)21-18(23)13-17(19(24)25)20-6-3-7-22-8-10-26-11-9-22/h4-5,12,17,20H,3,6-11,13H2,1-2H3,(H,21,23)(H,24,25)/p+1/t17-/m1/s1. The molecule has 0 bridgehead atoms. The number of hydrogen-bond donors (Lipinski definition) is 3. The minimum Gasteiger partial charge on any atom is -0.544 e. The quantitative estimate of drug-likeness (QED) is 0.426. The third-order valence-electron chi connectivity index (χ3n) is 4.88. The molecule has 0 aliphatic carbocycles. The Hall–Kier alpha value is -1.96. The topological polar surface area (TPSA) is 99.5 Å². The molecule has 1 atom stereocenters. The summed E-state index contributed by atoms with van der Waals surface area (Å²) in [6.07, 6.45) is 0.803. The summed E-state index contributed by atoms with van der Waals surface area (Å²) < 4.78 is 5.32. The van der Waals surface area contributed by atoms with E-state index in [9.17, 15) is 14.7 Å². The van der Waals surface area contributed by atoms with Crippen molar-refractivity contribution in [2.45, 2.75) is 32.7 Å². The number of carboxylic acid groups (broad SMARTS) is 1. The van der Waals surface area contributed by atoms with E-state index in [1.165, 1.54) is 4.90 Å². The van der Waals surface area contributed by atoms with Crippen LogP contribution in [0.1, 0.15) is 24.0 Å². The number of anilines is 1. The number of ether oxygens (including phenoxy) is 1. The highest BCUT2D eigenvalue weighted by atomic mass is 16.5. The highest BCUT2D eigenvalue weighted by Gasteiger charge is 2.19. The van der Waals surface area contributed by atoms with Gasteiger partial charge in [-0.3, -0.25) is 4.79 Å². The Morgan fingerprint density at radius 3 is 2.65 bits per heavy atom. The number of carbonyl (C=O) groups excluding carboxylic acids is 2. The number of hydrogen-bond acceptors (Lipinski definition) is 4. The Morgan fingerprint density at radius 1 is 1.27 bits per heavy atom. The van der Waals surface area contributed by atoms with Crippen LogP contribution in [0.5, 0.6) is 0 Å². The van der Waals surface area contributed by atoms with Gasteiger partial charge in [0.25, 0.3) is 0 Å². The van der Waals surface area contributed by atoms with Crippen molar-refractivity contribution in [1.82, 2.24) is 0 Å². The average molecular weight is 364 g/mol. The fraction of sp³-hybridized carbons (Fsp3) is 0.579. The molecule has 1 amide bonds. The van der Waals surface area contributed by atoms with Crippen molar-refractivity contribution in [2.75, 3.05) is 44.7 Å². The van der Waals surface area contributed by atoms with Crippen molar-refractivity contribution in [1.29, 1.82) is 0 Å². The number of quaternary nitrogens is 2. The van der Waals surface area contributed by atoms with E-state index in [2.05, 4.69) is 5.32 Å². The number of aliphatic carboxylic acids is 1. The van der Waals surface area contributed by atoms with Crippen molar-refractivity contribution in [3.63, 3.8) is 0 Å². The summed E-state index contributed by atoms with van der Waals surface area (Å²) in [6.45, 7) is 9.22. The molecule has 1 fully saturated rings. The van der Waals surface area contributed by atoms with E-state index < -0.39 is 12.0 Å². The number of carbonyl (C=O) groups is 2. The van der Waals surface area contributed by atoms with Crippen molar-refractivity contribution in [3.05, 3.63) is 29.3 Å². The van der Waals surface area contributed by atoms with Gasteiger partial charge in [-0.1, -0.05) is 6.07 Å². The minimum absolute atomic E-state index is 0.0976. The minimum atomic E-state index is -1.20. The van der Waals surface area contributed by atoms with E-state index in [4.69, 9.17) is 4.74 Å². The molecular weight excluding hydrogens is 334 g/mol. The van der Waals surface area contributed by atoms with E-state index >= 15 is 0 Å². The predicted octanol–water partition coefficient (Wildman–Crippen LogP) is -2.38. The van der Waals surface area contributed by atoms with E-state index in [-0.39, 0.29) is 12.3 Å². The molecule has 144 valence electrons. The van der Waals surface area contributed by atoms with E-state index in [0.29, 0.717) is 12.2 Å². The molecule has 1 aromatic rings. The van der Waals surface area contributed by atoms with Gasteiger partial charge in [-0.05, 0) is 37.1 Å². The third kappa shape index (κ3) is 6.74. The lowest BCUT2D eigenvalue weighted by Crippen LogP contribution is -3.14. The first-order valence-corrected chi connectivity index (χ1v) is 9.28. The van der Waals surface area contributed by atoms with E-state index in [0.717, 1.165) is 50.4 Å². The lowest BCUT2D eigenvalue weighted by Gasteiger charge is -2.23. The zero-order valence-corrected chi connectivity index (χ0v) is 15.7. The molecule has 1 aromatic carbocycles. The maximum Gasteiger partial charge on any atom is 0.230 e. The summed E-state index contributed by atoms with van der Waals surface area (Å²) in [5, 5.41) is 15.8. The SMILES string of the molecule is Cc1ccc(NC(=O)C[C@@H]([NH2+]CCC[NH+]2CCOCC2)C(=O)[O-])cc1C. The number of amides is 1. The Kier molecular flexibility index (Phi) is 8.03. The van der Waals surface area contributed by atoms with Gasteiger partial charge in [-0.15, -0.1) is 0 Å². The van der Waals surface area contributed by atoms with Gasteiger partial charge in [0.05, 0.1) is 38.7 Å². The lowest BCUT2D eigenvalue weighted by atomic mass is 10.1. The lowest BCUT2D eigenvalue weighted by molar-refractivity contribution is -0.909. The smallest absolute Gasteiger partial charge is 0.230 e. The fourth-order valence-corrected chi connectivity index (χ4v) is 3.07. The van der Waals surface area contributed by atoms with Crippen LogP contribution in [0, 0.1) is 13.8 Å². The van der Waals surface area contributed by atoms with Gasteiger partial charge in [0.1, 0.15) is 19.1 Å². The van der Waals surface area contributed by atoms with E-state index in [1.807, 2.05) is 32.0 Å². The predicted molar refractivity (Wildman–Crippen MR) is 95.7 cm³/mol. The molecule has 0 unspecified atom stereocenters. The highest BCUT2D eigenvalue weighted by Crippen LogP contribution is 2.14. The van der Waals surface area contributed by atoms with Crippen LogP contribution in [0.4, 0.5) is 5.69 Å². The van der Waals surface area contributed by atoms with Crippen LogP contribution in [-0.4, -0.2) is 57.3 Å². The van der Waals surface area contributed by atoms with Crippen molar-refractivity contribution >= 4 is 17.6 Å². The van der Waals surface area contributed by atoms with Crippen LogP contribution in [0.2, 0.25) is 0 Å². The Balaban J connectivity index is 1.74. The molecule has 0 radical (unpaired) electrons. The molecule has 1 heterocycles. The first-order valence-electron chi connectivity index (χ1n) is 9.28. The number of rotatable bonds is 9. The zero-order chi connectivity index (χ0) is 18.9. The second-order valence-electron chi connectivity index (χ2n) is 6.97. The van der Waals surface area contributed by atoms with Crippen molar-refractivity contribution in [3.8, 4) is 0 Å². The van der Waals surface area contributed by atoms with Gasteiger partial charge >= 0.3 is 0 Å². The summed E-state index contributed by atoms with van der Waals surface area (Å²) in [4.78, 5) is 25.0. The largest absolute Gasteiger partial charge is 0.544 e. The molecule has 26 heavy (non-hydrogen) atoms. The van der Waals surface area contributed by atoms with Gasteiger partial charge in [0.2, 0.25) is 5.91 Å². The monoisotopic (exact) mass is 364 g/mol. The summed E-state index contributed by atoms with van der Waals surface area (Å²) >= 11 is 0. The van der Waals surface area contributed by atoms with Crippen LogP contribution in [0.25, 0.3) is 0 Å². The molecule has 0 spiro atoms. The number of benzene rings is 1. The summed E-state index contributed by atoms with van der Waals surface area (Å²) in [5.74, 6) is -1.50. The maximum absolute atomic E-state index is 12.2. The van der Waals surface area contributed by atoms with Gasteiger partial charge < -0.3 is 30.2 Å². The molecule has 7 nitrogen and oxygen atoms in total.